The zero-order valence-electron chi connectivity index (χ0n) is 8.73. The van der Waals surface area contributed by atoms with Crippen molar-refractivity contribution in [3.05, 3.63) is 11.4 Å². The summed E-state index contributed by atoms with van der Waals surface area (Å²) in [5.41, 5.74) is 1.12. The topological polar surface area (TPSA) is 57.0 Å². The summed E-state index contributed by atoms with van der Waals surface area (Å²) in [5, 5.41) is 7.69. The number of aryl methyl sites for hydroxylation is 1. The molecule has 1 rings (SSSR count). The molecule has 14 heavy (non-hydrogen) atoms. The first-order valence-corrected chi connectivity index (χ1v) is 4.65. The van der Waals surface area contributed by atoms with Gasteiger partial charge in [0.25, 0.3) is 0 Å². The summed E-state index contributed by atoms with van der Waals surface area (Å²) >= 11 is 0. The molecule has 0 saturated carbocycles. The molecular formula is C9H15N3O2. The van der Waals surface area contributed by atoms with E-state index in [-0.39, 0.29) is 6.10 Å². The van der Waals surface area contributed by atoms with E-state index in [0.717, 1.165) is 18.7 Å². The molecule has 1 atom stereocenters. The SMILES string of the molecule is CCCn1nnc(C=O)c1C(C)OC. The second kappa shape index (κ2) is 4.85. The molecule has 0 aliphatic heterocycles. The zero-order chi connectivity index (χ0) is 10.6. The summed E-state index contributed by atoms with van der Waals surface area (Å²) in [6.07, 6.45) is 1.51. The van der Waals surface area contributed by atoms with Crippen molar-refractivity contribution in [3.8, 4) is 0 Å². The third kappa shape index (κ3) is 1.98. The fourth-order valence-electron chi connectivity index (χ4n) is 1.32. The van der Waals surface area contributed by atoms with E-state index in [1.165, 1.54) is 0 Å². The monoisotopic (exact) mass is 197 g/mol. The van der Waals surface area contributed by atoms with Crippen molar-refractivity contribution < 1.29 is 9.53 Å². The summed E-state index contributed by atoms with van der Waals surface area (Å²) in [6, 6.07) is 0. The molecular weight excluding hydrogens is 182 g/mol. The highest BCUT2D eigenvalue weighted by Crippen LogP contribution is 2.17. The Morgan fingerprint density at radius 3 is 2.86 bits per heavy atom. The van der Waals surface area contributed by atoms with Crippen LogP contribution in [-0.2, 0) is 11.3 Å². The number of carbonyl (C=O) groups is 1. The van der Waals surface area contributed by atoms with Crippen molar-refractivity contribution in [1.29, 1.82) is 0 Å². The van der Waals surface area contributed by atoms with Crippen LogP contribution in [0, 0.1) is 0 Å². The van der Waals surface area contributed by atoms with Crippen LogP contribution in [-0.4, -0.2) is 28.4 Å². The van der Waals surface area contributed by atoms with E-state index >= 15 is 0 Å². The molecule has 0 fully saturated rings. The number of carbonyl (C=O) groups excluding carboxylic acids is 1. The van der Waals surface area contributed by atoms with Crippen LogP contribution in [0.5, 0.6) is 0 Å². The maximum absolute atomic E-state index is 10.7. The third-order valence-corrected chi connectivity index (χ3v) is 2.09. The standard InChI is InChI=1S/C9H15N3O2/c1-4-5-12-9(7(2)14-3)8(6-13)10-11-12/h6-7H,4-5H2,1-3H3. The molecule has 0 N–H and O–H groups in total. The van der Waals surface area contributed by atoms with Gasteiger partial charge in [-0.3, -0.25) is 4.79 Å². The molecule has 0 saturated heterocycles. The predicted molar refractivity (Wildman–Crippen MR) is 51.1 cm³/mol. The number of hydrogen-bond acceptors (Lipinski definition) is 4. The summed E-state index contributed by atoms with van der Waals surface area (Å²) in [7, 11) is 1.60. The Bertz CT molecular complexity index is 309. The van der Waals surface area contributed by atoms with Gasteiger partial charge in [-0.1, -0.05) is 12.1 Å². The average Bonchev–Trinajstić information content (AvgIpc) is 2.60. The van der Waals surface area contributed by atoms with E-state index in [4.69, 9.17) is 4.74 Å². The Labute approximate surface area is 83.1 Å². The quantitative estimate of drug-likeness (QED) is 0.666. The smallest absolute Gasteiger partial charge is 0.172 e. The van der Waals surface area contributed by atoms with E-state index in [2.05, 4.69) is 10.3 Å². The number of aldehydes is 1. The van der Waals surface area contributed by atoms with Crippen LogP contribution in [0.25, 0.3) is 0 Å². The predicted octanol–water partition coefficient (Wildman–Crippen LogP) is 1.21. The fourth-order valence-corrected chi connectivity index (χ4v) is 1.32. The number of rotatable bonds is 5. The van der Waals surface area contributed by atoms with Crippen LogP contribution in [0.2, 0.25) is 0 Å². The maximum atomic E-state index is 10.7. The average molecular weight is 197 g/mol. The van der Waals surface area contributed by atoms with Crippen molar-refractivity contribution in [3.63, 3.8) is 0 Å². The van der Waals surface area contributed by atoms with Crippen LogP contribution in [0.3, 0.4) is 0 Å². The molecule has 5 heteroatoms. The second-order valence-corrected chi connectivity index (χ2v) is 3.08. The van der Waals surface area contributed by atoms with E-state index in [1.807, 2.05) is 13.8 Å². The van der Waals surface area contributed by atoms with E-state index in [1.54, 1.807) is 11.8 Å². The summed E-state index contributed by atoms with van der Waals surface area (Å²) < 4.78 is 6.88. The van der Waals surface area contributed by atoms with Gasteiger partial charge in [-0.15, -0.1) is 5.10 Å². The highest BCUT2D eigenvalue weighted by atomic mass is 16.5. The second-order valence-electron chi connectivity index (χ2n) is 3.08. The molecule has 0 aromatic carbocycles. The molecule has 5 nitrogen and oxygen atoms in total. The number of hydrogen-bond donors (Lipinski definition) is 0. The lowest BCUT2D eigenvalue weighted by atomic mass is 10.2. The lowest BCUT2D eigenvalue weighted by molar-refractivity contribution is 0.105. The van der Waals surface area contributed by atoms with Gasteiger partial charge in [-0.2, -0.15) is 0 Å². The Morgan fingerprint density at radius 1 is 1.64 bits per heavy atom. The lowest BCUT2D eigenvalue weighted by Crippen LogP contribution is -2.10. The summed E-state index contributed by atoms with van der Waals surface area (Å²) in [4.78, 5) is 10.7. The number of nitrogens with zero attached hydrogens (tertiary/aromatic N) is 3. The van der Waals surface area contributed by atoms with Crippen molar-refractivity contribution in [2.45, 2.75) is 32.9 Å². The largest absolute Gasteiger partial charge is 0.375 e. The first-order chi connectivity index (χ1) is 6.74. The van der Waals surface area contributed by atoms with Gasteiger partial charge in [0.1, 0.15) is 0 Å². The van der Waals surface area contributed by atoms with Gasteiger partial charge >= 0.3 is 0 Å². The Morgan fingerprint density at radius 2 is 2.36 bits per heavy atom. The van der Waals surface area contributed by atoms with E-state index < -0.39 is 0 Å². The van der Waals surface area contributed by atoms with Gasteiger partial charge in [0.15, 0.2) is 12.0 Å². The fraction of sp³-hybridized carbons (Fsp3) is 0.667. The zero-order valence-corrected chi connectivity index (χ0v) is 8.73. The molecule has 0 radical (unpaired) electrons. The van der Waals surface area contributed by atoms with E-state index in [0.29, 0.717) is 12.0 Å². The molecule has 0 spiro atoms. The van der Waals surface area contributed by atoms with Gasteiger partial charge in [-0.25, -0.2) is 4.68 Å². The van der Waals surface area contributed by atoms with Crippen LogP contribution in [0.1, 0.15) is 42.6 Å². The van der Waals surface area contributed by atoms with Crippen LogP contribution < -0.4 is 0 Å². The molecule has 1 aromatic rings. The minimum Gasteiger partial charge on any atom is -0.375 e. The lowest BCUT2D eigenvalue weighted by Gasteiger charge is -2.11. The van der Waals surface area contributed by atoms with Crippen molar-refractivity contribution in [1.82, 2.24) is 15.0 Å². The van der Waals surface area contributed by atoms with Gasteiger partial charge in [0.05, 0.1) is 11.8 Å². The first-order valence-electron chi connectivity index (χ1n) is 4.65. The van der Waals surface area contributed by atoms with Gasteiger partial charge in [-0.05, 0) is 13.3 Å². The number of methoxy groups -OCH3 is 1. The Hall–Kier alpha value is -1.23. The minimum absolute atomic E-state index is 0.156. The molecule has 0 aliphatic carbocycles. The molecule has 0 aliphatic rings. The van der Waals surface area contributed by atoms with Gasteiger partial charge in [0, 0.05) is 13.7 Å². The number of aromatic nitrogens is 3. The van der Waals surface area contributed by atoms with Crippen molar-refractivity contribution in [2.75, 3.05) is 7.11 Å². The normalized spacial score (nSPS) is 12.8. The van der Waals surface area contributed by atoms with Crippen LogP contribution in [0.15, 0.2) is 0 Å². The highest BCUT2D eigenvalue weighted by Gasteiger charge is 2.17. The van der Waals surface area contributed by atoms with Crippen LogP contribution >= 0.6 is 0 Å². The highest BCUT2D eigenvalue weighted by molar-refractivity contribution is 5.73. The third-order valence-electron chi connectivity index (χ3n) is 2.09. The van der Waals surface area contributed by atoms with Crippen LogP contribution in [0.4, 0.5) is 0 Å². The number of ether oxygens (including phenoxy) is 1. The minimum atomic E-state index is -0.156. The Balaban J connectivity index is 3.05. The molecule has 1 aromatic heterocycles. The summed E-state index contributed by atoms with van der Waals surface area (Å²) in [5.74, 6) is 0. The van der Waals surface area contributed by atoms with Gasteiger partial charge in [0.2, 0.25) is 0 Å². The summed E-state index contributed by atoms with van der Waals surface area (Å²) in [6.45, 7) is 4.67. The molecule has 0 bridgehead atoms. The molecule has 1 unspecified atom stereocenters. The molecule has 0 amide bonds. The van der Waals surface area contributed by atoms with Crippen molar-refractivity contribution >= 4 is 6.29 Å². The molecule has 1 heterocycles. The maximum Gasteiger partial charge on any atom is 0.172 e. The van der Waals surface area contributed by atoms with Gasteiger partial charge < -0.3 is 4.74 Å². The Kier molecular flexibility index (Phi) is 3.76. The van der Waals surface area contributed by atoms with Crippen molar-refractivity contribution in [2.24, 2.45) is 0 Å². The first kappa shape index (κ1) is 10.8. The molecule has 78 valence electrons. The van der Waals surface area contributed by atoms with E-state index in [9.17, 15) is 4.79 Å².